The summed E-state index contributed by atoms with van der Waals surface area (Å²) in [7, 11) is 1.63. The van der Waals surface area contributed by atoms with Crippen molar-refractivity contribution in [3.63, 3.8) is 0 Å². The topological polar surface area (TPSA) is 91.9 Å². The summed E-state index contributed by atoms with van der Waals surface area (Å²) >= 11 is 0. The van der Waals surface area contributed by atoms with E-state index in [-0.39, 0.29) is 6.03 Å². The van der Waals surface area contributed by atoms with E-state index < -0.39 is 0 Å². The van der Waals surface area contributed by atoms with Crippen LogP contribution in [0, 0.1) is 0 Å². The van der Waals surface area contributed by atoms with Gasteiger partial charge in [-0.3, -0.25) is 5.32 Å². The minimum atomic E-state index is -0.320. The van der Waals surface area contributed by atoms with Gasteiger partial charge in [0.15, 0.2) is 0 Å². The normalized spacial score (nSPS) is 9.95. The number of H-pyrrole nitrogens is 1. The number of anilines is 1. The minimum Gasteiger partial charge on any atom is -0.497 e. The lowest BCUT2D eigenvalue weighted by Crippen LogP contribution is -2.30. The van der Waals surface area contributed by atoms with Gasteiger partial charge < -0.3 is 10.1 Å². The van der Waals surface area contributed by atoms with Gasteiger partial charge in [0, 0.05) is 6.54 Å². The summed E-state index contributed by atoms with van der Waals surface area (Å²) in [4.78, 5) is 15.3. The molecule has 0 aliphatic rings. The fraction of sp³-hybridized carbons (Fsp3) is 0.250. The van der Waals surface area contributed by atoms with E-state index in [1.165, 1.54) is 6.33 Å². The maximum atomic E-state index is 11.5. The first-order valence-electron chi connectivity index (χ1n) is 5.81. The highest BCUT2D eigenvalue weighted by Gasteiger charge is 2.03. The van der Waals surface area contributed by atoms with Crippen LogP contribution in [0.1, 0.15) is 5.56 Å². The molecule has 19 heavy (non-hydrogen) atoms. The van der Waals surface area contributed by atoms with Gasteiger partial charge in [-0.1, -0.05) is 12.1 Å². The molecule has 2 amide bonds. The summed E-state index contributed by atoms with van der Waals surface area (Å²) in [6.45, 7) is 0.521. The highest BCUT2D eigenvalue weighted by atomic mass is 16.5. The molecule has 2 rings (SSSR count). The van der Waals surface area contributed by atoms with Gasteiger partial charge in [-0.25, -0.2) is 9.89 Å². The zero-order valence-electron chi connectivity index (χ0n) is 10.5. The third kappa shape index (κ3) is 3.98. The summed E-state index contributed by atoms with van der Waals surface area (Å²) in [5, 5.41) is 11.4. The SMILES string of the molecule is COc1cccc(CCNC(=O)Nc2ncn[nH]2)c1. The molecule has 0 saturated carbocycles. The van der Waals surface area contributed by atoms with Crippen molar-refractivity contribution < 1.29 is 9.53 Å². The van der Waals surface area contributed by atoms with Crippen molar-refractivity contribution in [3.05, 3.63) is 36.2 Å². The molecule has 0 unspecified atom stereocenters. The Hall–Kier alpha value is -2.57. The van der Waals surface area contributed by atoms with E-state index in [1.54, 1.807) is 7.11 Å². The molecule has 0 saturated heterocycles. The van der Waals surface area contributed by atoms with Crippen LogP contribution in [0.3, 0.4) is 0 Å². The highest BCUT2D eigenvalue weighted by Crippen LogP contribution is 2.12. The molecular formula is C12H15N5O2. The molecule has 0 bridgehead atoms. The van der Waals surface area contributed by atoms with Crippen molar-refractivity contribution in [3.8, 4) is 5.75 Å². The number of rotatable bonds is 5. The first kappa shape index (κ1) is 12.9. The minimum absolute atomic E-state index is 0.318. The molecule has 2 aromatic rings. The monoisotopic (exact) mass is 261 g/mol. The molecule has 1 heterocycles. The Morgan fingerprint density at radius 3 is 3.11 bits per heavy atom. The van der Waals surface area contributed by atoms with Crippen LogP contribution in [0.5, 0.6) is 5.75 Å². The van der Waals surface area contributed by atoms with Crippen LogP contribution in [-0.2, 0) is 6.42 Å². The maximum absolute atomic E-state index is 11.5. The third-order valence-corrected chi connectivity index (χ3v) is 2.48. The molecular weight excluding hydrogens is 246 g/mol. The second-order valence-electron chi connectivity index (χ2n) is 3.82. The van der Waals surface area contributed by atoms with Crippen LogP contribution in [0.25, 0.3) is 0 Å². The molecule has 0 aliphatic heterocycles. The smallest absolute Gasteiger partial charge is 0.321 e. The molecule has 0 radical (unpaired) electrons. The molecule has 100 valence electrons. The van der Waals surface area contributed by atoms with Crippen LogP contribution in [-0.4, -0.2) is 34.9 Å². The quantitative estimate of drug-likeness (QED) is 0.753. The van der Waals surface area contributed by atoms with Gasteiger partial charge >= 0.3 is 6.03 Å². The number of nitrogens with one attached hydrogen (secondary N) is 3. The first-order valence-corrected chi connectivity index (χ1v) is 5.81. The Labute approximate surface area is 110 Å². The number of ether oxygens (including phenoxy) is 1. The summed E-state index contributed by atoms with van der Waals surface area (Å²) in [5.41, 5.74) is 1.10. The number of nitrogens with zero attached hydrogens (tertiary/aromatic N) is 2. The first-order chi connectivity index (χ1) is 9.28. The van der Waals surface area contributed by atoms with E-state index in [1.807, 2.05) is 24.3 Å². The van der Waals surface area contributed by atoms with E-state index in [0.29, 0.717) is 12.5 Å². The number of carbonyl (C=O) groups is 1. The maximum Gasteiger partial charge on any atom is 0.321 e. The Kier molecular flexibility index (Phi) is 4.33. The molecule has 0 atom stereocenters. The van der Waals surface area contributed by atoms with E-state index in [0.717, 1.165) is 17.7 Å². The molecule has 3 N–H and O–H groups in total. The number of urea groups is 1. The summed E-state index contributed by atoms with van der Waals surface area (Å²) in [6, 6.07) is 7.41. The Bertz CT molecular complexity index is 527. The van der Waals surface area contributed by atoms with Crippen molar-refractivity contribution in [2.24, 2.45) is 0 Å². The van der Waals surface area contributed by atoms with Gasteiger partial charge in [0.05, 0.1) is 7.11 Å². The van der Waals surface area contributed by atoms with Crippen LogP contribution < -0.4 is 15.4 Å². The summed E-state index contributed by atoms with van der Waals surface area (Å²) in [6.07, 6.45) is 2.05. The molecule has 0 aliphatic carbocycles. The predicted molar refractivity (Wildman–Crippen MR) is 70.1 cm³/mol. The van der Waals surface area contributed by atoms with Gasteiger partial charge in [0.25, 0.3) is 0 Å². The van der Waals surface area contributed by atoms with Gasteiger partial charge in [-0.15, -0.1) is 0 Å². The number of methoxy groups -OCH3 is 1. The van der Waals surface area contributed by atoms with Gasteiger partial charge in [-0.2, -0.15) is 10.1 Å². The predicted octanol–water partition coefficient (Wildman–Crippen LogP) is 1.18. The zero-order chi connectivity index (χ0) is 13.5. The second-order valence-corrected chi connectivity index (χ2v) is 3.82. The number of benzene rings is 1. The Balaban J connectivity index is 1.75. The molecule has 1 aromatic carbocycles. The van der Waals surface area contributed by atoms with E-state index in [9.17, 15) is 4.79 Å². The Morgan fingerprint density at radius 2 is 2.37 bits per heavy atom. The van der Waals surface area contributed by atoms with E-state index in [4.69, 9.17) is 4.74 Å². The highest BCUT2D eigenvalue weighted by molar-refractivity contribution is 5.87. The Morgan fingerprint density at radius 1 is 1.47 bits per heavy atom. The number of aromatic nitrogens is 3. The fourth-order valence-corrected chi connectivity index (χ4v) is 1.57. The van der Waals surface area contributed by atoms with Gasteiger partial charge in [0.1, 0.15) is 12.1 Å². The molecule has 0 fully saturated rings. The largest absolute Gasteiger partial charge is 0.497 e. The van der Waals surface area contributed by atoms with Gasteiger partial charge in [0.2, 0.25) is 5.95 Å². The lowest BCUT2D eigenvalue weighted by atomic mass is 10.1. The zero-order valence-corrected chi connectivity index (χ0v) is 10.5. The van der Waals surface area contributed by atoms with E-state index >= 15 is 0 Å². The van der Waals surface area contributed by atoms with Crippen LogP contribution in [0.15, 0.2) is 30.6 Å². The van der Waals surface area contributed by atoms with Gasteiger partial charge in [-0.05, 0) is 24.1 Å². The van der Waals surface area contributed by atoms with Crippen LogP contribution in [0.2, 0.25) is 0 Å². The van der Waals surface area contributed by atoms with Crippen molar-refractivity contribution >= 4 is 12.0 Å². The number of aromatic amines is 1. The average Bonchev–Trinajstić information content (AvgIpc) is 2.92. The lowest BCUT2D eigenvalue weighted by Gasteiger charge is -2.06. The van der Waals surface area contributed by atoms with Crippen LogP contribution in [0.4, 0.5) is 10.7 Å². The molecule has 1 aromatic heterocycles. The molecule has 0 spiro atoms. The summed E-state index contributed by atoms with van der Waals surface area (Å²) in [5.74, 6) is 1.13. The number of amides is 2. The van der Waals surface area contributed by atoms with Crippen molar-refractivity contribution in [2.45, 2.75) is 6.42 Å². The lowest BCUT2D eigenvalue weighted by molar-refractivity contribution is 0.252. The number of hydrogen-bond donors (Lipinski definition) is 3. The van der Waals surface area contributed by atoms with Crippen molar-refractivity contribution in [2.75, 3.05) is 19.0 Å². The van der Waals surface area contributed by atoms with Crippen molar-refractivity contribution in [1.29, 1.82) is 0 Å². The third-order valence-electron chi connectivity index (χ3n) is 2.48. The standard InChI is InChI=1S/C12H15N5O2/c1-19-10-4-2-3-9(7-10)5-6-13-12(18)16-11-14-8-15-17-11/h2-4,7-8H,5-6H2,1H3,(H3,13,14,15,16,17,18). The van der Waals surface area contributed by atoms with Crippen molar-refractivity contribution in [1.82, 2.24) is 20.5 Å². The fourth-order valence-electron chi connectivity index (χ4n) is 1.57. The number of hydrogen-bond acceptors (Lipinski definition) is 4. The number of carbonyl (C=O) groups excluding carboxylic acids is 1. The molecule has 7 nitrogen and oxygen atoms in total. The van der Waals surface area contributed by atoms with Crippen LogP contribution >= 0.6 is 0 Å². The summed E-state index contributed by atoms with van der Waals surface area (Å²) < 4.78 is 5.13. The second kappa shape index (κ2) is 6.39. The molecule has 7 heteroatoms. The average molecular weight is 261 g/mol. The van der Waals surface area contributed by atoms with E-state index in [2.05, 4.69) is 25.8 Å².